The predicted octanol–water partition coefficient (Wildman–Crippen LogP) is 22.7. The lowest BCUT2D eigenvalue weighted by atomic mass is 10.0. The average molecular weight is 1030 g/mol. The van der Waals surface area contributed by atoms with Crippen molar-refractivity contribution in [3.05, 3.63) is 60.8 Å². The molecule has 0 aromatic rings. The van der Waals surface area contributed by atoms with Crippen LogP contribution in [0, 0.1) is 0 Å². The van der Waals surface area contributed by atoms with E-state index < -0.39 is 12.1 Å². The summed E-state index contributed by atoms with van der Waals surface area (Å²) in [6, 6.07) is -0.623. The third kappa shape index (κ3) is 60.9. The van der Waals surface area contributed by atoms with Gasteiger partial charge in [-0.2, -0.15) is 0 Å². The van der Waals surface area contributed by atoms with Gasteiger partial charge in [0.2, 0.25) is 5.91 Å². The van der Waals surface area contributed by atoms with Crippen molar-refractivity contribution in [3.63, 3.8) is 0 Å². The monoisotopic (exact) mass is 1030 g/mol. The normalized spacial score (nSPS) is 13.1. The quantitative estimate of drug-likeness (QED) is 0.0420. The van der Waals surface area contributed by atoms with Gasteiger partial charge in [0.25, 0.3) is 0 Å². The van der Waals surface area contributed by atoms with Crippen molar-refractivity contribution < 1.29 is 15.0 Å². The molecule has 0 bridgehead atoms. The first-order chi connectivity index (χ1) is 36.7. The van der Waals surface area contributed by atoms with Gasteiger partial charge in [-0.25, -0.2) is 0 Å². The largest absolute Gasteiger partial charge is 0.394 e. The van der Waals surface area contributed by atoms with E-state index in [4.69, 9.17) is 0 Å². The lowest BCUT2D eigenvalue weighted by Gasteiger charge is -2.20. The molecular formula is C70H131NO3. The van der Waals surface area contributed by atoms with Crippen molar-refractivity contribution in [3.8, 4) is 0 Å². The SMILES string of the molecule is CC/C=C\C/C=C\C/C=C\C/C=C\CCCCCCCCCCCCCCCCCCCCCCCCCCC(=O)NC(CO)C(O)/C=C/CCCCCCCCCCCCCCCCCCCCCCCCC. The van der Waals surface area contributed by atoms with Crippen LogP contribution in [0.25, 0.3) is 0 Å². The maximum atomic E-state index is 12.5. The molecule has 1 amide bonds. The minimum Gasteiger partial charge on any atom is -0.394 e. The van der Waals surface area contributed by atoms with E-state index in [9.17, 15) is 15.0 Å². The van der Waals surface area contributed by atoms with Crippen LogP contribution in [-0.4, -0.2) is 34.9 Å². The lowest BCUT2D eigenvalue weighted by molar-refractivity contribution is -0.123. The maximum Gasteiger partial charge on any atom is 0.220 e. The summed E-state index contributed by atoms with van der Waals surface area (Å²) in [4.78, 5) is 12.5. The second-order valence-corrected chi connectivity index (χ2v) is 22.9. The molecule has 0 radical (unpaired) electrons. The highest BCUT2D eigenvalue weighted by Crippen LogP contribution is 2.19. The second-order valence-electron chi connectivity index (χ2n) is 22.9. The van der Waals surface area contributed by atoms with Crippen LogP contribution in [0.5, 0.6) is 0 Å². The highest BCUT2D eigenvalue weighted by Gasteiger charge is 2.18. The van der Waals surface area contributed by atoms with Crippen molar-refractivity contribution >= 4 is 5.91 Å². The zero-order valence-corrected chi connectivity index (χ0v) is 50.1. The number of allylic oxidation sites excluding steroid dienone is 9. The van der Waals surface area contributed by atoms with E-state index in [1.165, 1.54) is 289 Å². The van der Waals surface area contributed by atoms with E-state index in [1.807, 2.05) is 6.08 Å². The van der Waals surface area contributed by atoms with E-state index >= 15 is 0 Å². The molecule has 0 rings (SSSR count). The average Bonchev–Trinajstić information content (AvgIpc) is 3.40. The van der Waals surface area contributed by atoms with Crippen molar-refractivity contribution in [2.24, 2.45) is 0 Å². The minimum atomic E-state index is -0.840. The van der Waals surface area contributed by atoms with Gasteiger partial charge in [-0.1, -0.05) is 357 Å². The van der Waals surface area contributed by atoms with Crippen LogP contribution < -0.4 is 5.32 Å². The molecule has 4 nitrogen and oxygen atoms in total. The topological polar surface area (TPSA) is 69.6 Å². The third-order valence-corrected chi connectivity index (χ3v) is 15.5. The van der Waals surface area contributed by atoms with Crippen molar-refractivity contribution in [2.45, 2.75) is 373 Å². The van der Waals surface area contributed by atoms with Gasteiger partial charge < -0.3 is 15.5 Å². The number of unbranched alkanes of at least 4 members (excludes halogenated alkanes) is 47. The number of rotatable bonds is 62. The fourth-order valence-corrected chi connectivity index (χ4v) is 10.5. The Balaban J connectivity index is 3.42. The molecule has 0 aromatic carbocycles. The second kappa shape index (κ2) is 65.4. The van der Waals surface area contributed by atoms with Gasteiger partial charge in [0.05, 0.1) is 18.8 Å². The summed E-state index contributed by atoms with van der Waals surface area (Å²) < 4.78 is 0. The first-order valence-electron chi connectivity index (χ1n) is 33.5. The number of aliphatic hydroxyl groups excluding tert-OH is 2. The van der Waals surface area contributed by atoms with Gasteiger partial charge in [-0.3, -0.25) is 4.79 Å². The van der Waals surface area contributed by atoms with Crippen LogP contribution >= 0.6 is 0 Å². The van der Waals surface area contributed by atoms with Crippen LogP contribution in [0.2, 0.25) is 0 Å². The number of carbonyl (C=O) groups is 1. The Labute approximate surface area is 464 Å². The van der Waals surface area contributed by atoms with E-state index in [-0.39, 0.29) is 12.5 Å². The van der Waals surface area contributed by atoms with Crippen molar-refractivity contribution in [1.82, 2.24) is 5.32 Å². The van der Waals surface area contributed by atoms with Crippen LogP contribution in [0.1, 0.15) is 361 Å². The maximum absolute atomic E-state index is 12.5. The minimum absolute atomic E-state index is 0.0569. The molecule has 0 spiro atoms. The van der Waals surface area contributed by atoms with Crippen LogP contribution in [0.15, 0.2) is 60.8 Å². The molecule has 0 fully saturated rings. The van der Waals surface area contributed by atoms with Gasteiger partial charge in [-0.05, 0) is 57.8 Å². The summed E-state index contributed by atoms with van der Waals surface area (Å²) in [6.07, 6.45) is 93.0. The molecule has 0 aliphatic rings. The molecule has 0 saturated heterocycles. The fourth-order valence-electron chi connectivity index (χ4n) is 10.5. The van der Waals surface area contributed by atoms with Crippen LogP contribution in [-0.2, 0) is 4.79 Å². The van der Waals surface area contributed by atoms with E-state index in [1.54, 1.807) is 6.08 Å². The highest BCUT2D eigenvalue weighted by atomic mass is 16.3. The Morgan fingerprint density at radius 1 is 0.338 bits per heavy atom. The zero-order valence-electron chi connectivity index (χ0n) is 50.1. The van der Waals surface area contributed by atoms with E-state index in [0.29, 0.717) is 6.42 Å². The Morgan fingerprint density at radius 2 is 0.595 bits per heavy atom. The smallest absolute Gasteiger partial charge is 0.220 e. The molecule has 0 aromatic heterocycles. The summed E-state index contributed by atoms with van der Waals surface area (Å²) in [5.74, 6) is -0.0569. The molecule has 0 saturated carbocycles. The molecule has 2 atom stereocenters. The summed E-state index contributed by atoms with van der Waals surface area (Å²) in [5, 5.41) is 23.3. The molecule has 2 unspecified atom stereocenters. The molecule has 434 valence electrons. The number of aliphatic hydroxyl groups is 2. The van der Waals surface area contributed by atoms with Crippen molar-refractivity contribution in [1.29, 1.82) is 0 Å². The van der Waals surface area contributed by atoms with Crippen LogP contribution in [0.3, 0.4) is 0 Å². The van der Waals surface area contributed by atoms with Crippen molar-refractivity contribution in [2.75, 3.05) is 6.61 Å². The number of hydrogen-bond donors (Lipinski definition) is 3. The molecule has 0 aliphatic carbocycles. The third-order valence-electron chi connectivity index (χ3n) is 15.5. The van der Waals surface area contributed by atoms with Gasteiger partial charge in [-0.15, -0.1) is 0 Å². The molecule has 0 aliphatic heterocycles. The van der Waals surface area contributed by atoms with Gasteiger partial charge >= 0.3 is 0 Å². The van der Waals surface area contributed by atoms with Gasteiger partial charge in [0.15, 0.2) is 0 Å². The predicted molar refractivity (Wildman–Crippen MR) is 331 cm³/mol. The van der Waals surface area contributed by atoms with Gasteiger partial charge in [0, 0.05) is 6.42 Å². The number of carbonyl (C=O) groups excluding carboxylic acids is 1. The van der Waals surface area contributed by atoms with Gasteiger partial charge in [0.1, 0.15) is 0 Å². The Morgan fingerprint density at radius 3 is 0.892 bits per heavy atom. The summed E-state index contributed by atoms with van der Waals surface area (Å²) >= 11 is 0. The Hall–Kier alpha value is -1.91. The number of amides is 1. The molecule has 74 heavy (non-hydrogen) atoms. The number of hydrogen-bond acceptors (Lipinski definition) is 3. The zero-order chi connectivity index (χ0) is 53.4. The summed E-state index contributed by atoms with van der Waals surface area (Å²) in [6.45, 7) is 4.23. The summed E-state index contributed by atoms with van der Waals surface area (Å²) in [5.41, 5.74) is 0. The fraction of sp³-hybridized carbons (Fsp3) is 0.843. The molecule has 3 N–H and O–H groups in total. The van der Waals surface area contributed by atoms with E-state index in [0.717, 1.165) is 51.4 Å². The van der Waals surface area contributed by atoms with E-state index in [2.05, 4.69) is 67.8 Å². The Bertz CT molecular complexity index is 1220. The molecular weight excluding hydrogens is 903 g/mol. The summed E-state index contributed by atoms with van der Waals surface area (Å²) in [7, 11) is 0. The number of nitrogens with one attached hydrogen (secondary N) is 1. The first kappa shape index (κ1) is 72.1. The Kier molecular flexibility index (Phi) is 63.7. The molecule has 4 heteroatoms. The van der Waals surface area contributed by atoms with Crippen LogP contribution in [0.4, 0.5) is 0 Å². The standard InChI is InChI=1S/C70H131NO3/c1-3-5-7-9-11-13-15-17-19-21-23-25-27-29-30-31-32-33-34-35-36-37-38-39-40-42-44-46-48-50-52-54-56-58-60-62-64-66-70(74)71-68(67-72)69(73)65-63-61-59-57-55-53-51-49-47-45-43-41-28-26-24-22-20-18-16-14-12-10-8-6-4-2/h5,7,11,13,17,19,23,25,63,65,68-69,72-73H,3-4,6,8-10,12,14-16,18,20-22,24,26-62,64,66-67H2,1-2H3,(H,71,74)/b7-5-,13-11-,19-17-,25-23-,65-63+. The lowest BCUT2D eigenvalue weighted by Crippen LogP contribution is -2.45. The molecule has 0 heterocycles. The first-order valence-corrected chi connectivity index (χ1v) is 33.5. The highest BCUT2D eigenvalue weighted by molar-refractivity contribution is 5.76.